The summed E-state index contributed by atoms with van der Waals surface area (Å²) in [7, 11) is 0. The fourth-order valence-corrected chi connectivity index (χ4v) is 4.50. The van der Waals surface area contributed by atoms with Gasteiger partial charge in [-0.25, -0.2) is 9.78 Å². The molecule has 0 aliphatic carbocycles. The smallest absolute Gasteiger partial charge is 0.475 e. The summed E-state index contributed by atoms with van der Waals surface area (Å²) in [6.45, 7) is 2.62. The second kappa shape index (κ2) is 12.4. The van der Waals surface area contributed by atoms with E-state index in [0.29, 0.717) is 36.3 Å². The number of nitrogens with zero attached hydrogens (tertiary/aromatic N) is 3. The van der Waals surface area contributed by atoms with Crippen molar-refractivity contribution in [3.05, 3.63) is 64.8 Å². The van der Waals surface area contributed by atoms with Crippen LogP contribution in [0.5, 0.6) is 0 Å². The van der Waals surface area contributed by atoms with Gasteiger partial charge in [-0.15, -0.1) is 0 Å². The summed E-state index contributed by atoms with van der Waals surface area (Å²) in [6, 6.07) is 13.9. The van der Waals surface area contributed by atoms with E-state index in [1.807, 2.05) is 30.3 Å². The van der Waals surface area contributed by atoms with Gasteiger partial charge in [0, 0.05) is 37.1 Å². The molecule has 2 aromatic carbocycles. The zero-order chi connectivity index (χ0) is 29.7. The first-order valence-electron chi connectivity index (χ1n) is 12.5. The summed E-state index contributed by atoms with van der Waals surface area (Å²) >= 11 is 6.34. The number of benzene rings is 2. The molecule has 6 bridgehead atoms. The van der Waals surface area contributed by atoms with E-state index in [1.54, 1.807) is 18.0 Å². The fourth-order valence-electron chi connectivity index (χ4n) is 4.36. The molecule has 0 radical (unpaired) electrons. The van der Waals surface area contributed by atoms with Crippen LogP contribution in [0.4, 0.5) is 42.0 Å². The number of carboxylic acids is 1. The van der Waals surface area contributed by atoms with Crippen molar-refractivity contribution in [2.24, 2.45) is 5.92 Å². The Morgan fingerprint density at radius 2 is 1.83 bits per heavy atom. The number of carboxylic acid groups (broad SMARTS) is 1. The molecule has 0 unspecified atom stereocenters. The zero-order valence-corrected chi connectivity index (χ0v) is 22.5. The van der Waals surface area contributed by atoms with Gasteiger partial charge in [0.05, 0.1) is 12.1 Å². The van der Waals surface area contributed by atoms with Crippen molar-refractivity contribution in [3.8, 4) is 0 Å². The van der Waals surface area contributed by atoms with Crippen LogP contribution in [0, 0.1) is 5.92 Å². The van der Waals surface area contributed by atoms with Crippen molar-refractivity contribution in [2.45, 2.75) is 32.4 Å². The van der Waals surface area contributed by atoms with E-state index in [-0.39, 0.29) is 17.7 Å². The lowest BCUT2D eigenvalue weighted by Gasteiger charge is -2.17. The van der Waals surface area contributed by atoms with Gasteiger partial charge in [-0.3, -0.25) is 9.59 Å². The molecular weight excluding hydrogens is 565 g/mol. The summed E-state index contributed by atoms with van der Waals surface area (Å²) < 4.78 is 31.7. The lowest BCUT2D eigenvalue weighted by Crippen LogP contribution is -2.30. The normalized spacial score (nSPS) is 15.9. The van der Waals surface area contributed by atoms with Crippen LogP contribution in [0.15, 0.2) is 48.7 Å². The minimum atomic E-state index is -5.08. The van der Waals surface area contributed by atoms with Crippen molar-refractivity contribution >= 4 is 58.2 Å². The molecule has 3 aromatic rings. The van der Waals surface area contributed by atoms with Crippen LogP contribution in [0.2, 0.25) is 5.02 Å². The number of alkyl halides is 3. The van der Waals surface area contributed by atoms with E-state index in [9.17, 15) is 22.8 Å². The number of rotatable bonds is 2. The predicted octanol–water partition coefficient (Wildman–Crippen LogP) is 5.16. The Kier molecular flexibility index (Phi) is 8.96. The number of aryl methyl sites for hydroxylation is 2. The van der Waals surface area contributed by atoms with Crippen molar-refractivity contribution < 1.29 is 32.7 Å². The van der Waals surface area contributed by atoms with E-state index in [2.05, 4.69) is 38.1 Å². The van der Waals surface area contributed by atoms with Gasteiger partial charge >= 0.3 is 12.1 Å². The number of aliphatic carboxylic acids is 1. The molecule has 41 heavy (non-hydrogen) atoms. The van der Waals surface area contributed by atoms with Gasteiger partial charge in [-0.05, 0) is 60.7 Å². The van der Waals surface area contributed by atoms with Gasteiger partial charge in [0.25, 0.3) is 0 Å². The number of likely N-dealkylation sites (tertiary alicyclic amines) is 1. The Morgan fingerprint density at radius 1 is 1.10 bits per heavy atom. The SMILES string of the molecule is CC(=O)N1CC[C@@H](C(=O)Nc2ccc3cc2CCc2cccc(c2)Nc2ncc(Cl)c(n2)N3)C1.O=C(O)C(F)(F)F. The molecule has 216 valence electrons. The van der Waals surface area contributed by atoms with Gasteiger partial charge in [0.2, 0.25) is 17.8 Å². The monoisotopic (exact) mass is 590 g/mol. The van der Waals surface area contributed by atoms with Crippen LogP contribution >= 0.6 is 11.6 Å². The Bertz CT molecular complexity index is 1470. The molecule has 3 heterocycles. The van der Waals surface area contributed by atoms with Crippen LogP contribution < -0.4 is 16.0 Å². The van der Waals surface area contributed by atoms with Crippen LogP contribution in [-0.2, 0) is 27.2 Å². The molecule has 5 rings (SSSR count). The highest BCUT2D eigenvalue weighted by molar-refractivity contribution is 6.32. The number of carbonyl (C=O) groups excluding carboxylic acids is 2. The molecule has 14 heteroatoms. The zero-order valence-electron chi connectivity index (χ0n) is 21.8. The number of amides is 2. The molecule has 2 aliphatic heterocycles. The van der Waals surface area contributed by atoms with Crippen LogP contribution in [0.3, 0.4) is 0 Å². The highest BCUT2D eigenvalue weighted by Crippen LogP contribution is 2.30. The van der Waals surface area contributed by atoms with Crippen molar-refractivity contribution in [3.63, 3.8) is 0 Å². The molecule has 2 amide bonds. The maximum absolute atomic E-state index is 13.0. The minimum Gasteiger partial charge on any atom is -0.475 e. The Hall–Kier alpha value is -4.39. The Labute approximate surface area is 237 Å². The van der Waals surface area contributed by atoms with Crippen molar-refractivity contribution in [2.75, 3.05) is 29.0 Å². The largest absolute Gasteiger partial charge is 0.490 e. The molecular formula is C27H26ClF3N6O4. The minimum absolute atomic E-state index is 0.00651. The Morgan fingerprint density at radius 3 is 2.51 bits per heavy atom. The number of carbonyl (C=O) groups is 3. The first-order valence-corrected chi connectivity index (χ1v) is 12.9. The molecule has 1 aromatic heterocycles. The topological polar surface area (TPSA) is 137 Å². The summed E-state index contributed by atoms with van der Waals surface area (Å²) in [6.07, 6.45) is -1.32. The van der Waals surface area contributed by atoms with Gasteiger partial charge in [0.15, 0.2) is 5.82 Å². The third kappa shape index (κ3) is 7.84. The van der Waals surface area contributed by atoms with Crippen LogP contribution in [0.1, 0.15) is 24.5 Å². The van der Waals surface area contributed by atoms with Crippen LogP contribution in [-0.4, -0.2) is 57.0 Å². The van der Waals surface area contributed by atoms with Gasteiger partial charge in [-0.2, -0.15) is 18.2 Å². The maximum atomic E-state index is 13.0. The number of halogens is 4. The first-order chi connectivity index (χ1) is 19.4. The van der Waals surface area contributed by atoms with E-state index in [0.717, 1.165) is 41.0 Å². The van der Waals surface area contributed by atoms with E-state index >= 15 is 0 Å². The molecule has 0 spiro atoms. The average Bonchev–Trinajstić information content (AvgIpc) is 3.41. The molecule has 1 fully saturated rings. The van der Waals surface area contributed by atoms with Gasteiger partial charge < -0.3 is 26.0 Å². The number of hydrogen-bond donors (Lipinski definition) is 4. The molecule has 2 aliphatic rings. The third-order valence-corrected chi connectivity index (χ3v) is 6.76. The standard InChI is InChI=1S/C25H25ClN6O2.C2HF3O2/c1-15(33)32-10-9-18(14-32)24(34)30-22-8-7-20-12-17(22)6-5-16-3-2-4-19(11-16)29-25-27-13-21(26)23(28-20)31-25;3-2(4,5)1(6)7/h2-4,7-8,11-13,18H,5-6,9-10,14H2,1H3,(H,30,34)(H2,27,28,29,31);(H,6,7)/t18-;/m1./s1. The average molecular weight is 591 g/mol. The predicted molar refractivity (Wildman–Crippen MR) is 147 cm³/mol. The summed E-state index contributed by atoms with van der Waals surface area (Å²) in [5, 5.41) is 17.1. The highest BCUT2D eigenvalue weighted by atomic mass is 35.5. The van der Waals surface area contributed by atoms with E-state index < -0.39 is 12.1 Å². The van der Waals surface area contributed by atoms with Crippen molar-refractivity contribution in [1.29, 1.82) is 0 Å². The number of aromatic nitrogens is 2. The third-order valence-electron chi connectivity index (χ3n) is 6.48. The molecule has 0 saturated carbocycles. The summed E-state index contributed by atoms with van der Waals surface area (Å²) in [5.74, 6) is -2.07. The number of anilines is 5. The lowest BCUT2D eigenvalue weighted by molar-refractivity contribution is -0.192. The number of fused-ring (bicyclic) bond motifs is 6. The maximum Gasteiger partial charge on any atom is 0.490 e. The number of nitrogens with one attached hydrogen (secondary N) is 3. The van der Waals surface area contributed by atoms with Gasteiger partial charge in [0.1, 0.15) is 5.02 Å². The van der Waals surface area contributed by atoms with Crippen LogP contribution in [0.25, 0.3) is 0 Å². The second-order valence-corrected chi connectivity index (χ2v) is 9.86. The van der Waals surface area contributed by atoms with Crippen molar-refractivity contribution in [1.82, 2.24) is 14.9 Å². The lowest BCUT2D eigenvalue weighted by atomic mass is 10.0. The first kappa shape index (κ1) is 29.6. The number of hydrogen-bond acceptors (Lipinski definition) is 7. The molecule has 1 saturated heterocycles. The summed E-state index contributed by atoms with van der Waals surface area (Å²) in [5.41, 5.74) is 4.64. The second-order valence-electron chi connectivity index (χ2n) is 9.46. The highest BCUT2D eigenvalue weighted by Gasteiger charge is 2.38. The fraction of sp³-hybridized carbons (Fsp3) is 0.296. The Balaban J connectivity index is 0.000000493. The molecule has 4 N–H and O–H groups in total. The molecule has 1 atom stereocenters. The van der Waals surface area contributed by atoms with Gasteiger partial charge in [-0.1, -0.05) is 23.7 Å². The van der Waals surface area contributed by atoms with E-state index in [4.69, 9.17) is 21.5 Å². The quantitative estimate of drug-likeness (QED) is 0.321. The van der Waals surface area contributed by atoms with E-state index in [1.165, 1.54) is 0 Å². The summed E-state index contributed by atoms with van der Waals surface area (Å²) in [4.78, 5) is 44.0. The molecule has 10 nitrogen and oxygen atoms in total.